The topological polar surface area (TPSA) is 61.9 Å². The third kappa shape index (κ3) is 2.78. The normalized spacial score (nSPS) is 25.8. The van der Waals surface area contributed by atoms with Gasteiger partial charge in [-0.25, -0.2) is 4.79 Å². The Balaban J connectivity index is 1.38. The Bertz CT molecular complexity index is 718. The number of amides is 3. The van der Waals surface area contributed by atoms with Crippen LogP contribution in [0, 0.1) is 0 Å². The van der Waals surface area contributed by atoms with Gasteiger partial charge in [0.2, 0.25) is 0 Å². The molecule has 3 heterocycles. The van der Waals surface area contributed by atoms with Crippen LogP contribution in [-0.2, 0) is 17.6 Å². The lowest BCUT2D eigenvalue weighted by Gasteiger charge is -2.23. The van der Waals surface area contributed by atoms with Crippen LogP contribution in [0.15, 0.2) is 18.2 Å². The van der Waals surface area contributed by atoms with Crippen LogP contribution in [0.1, 0.15) is 31.4 Å². The zero-order valence-corrected chi connectivity index (χ0v) is 14.9. The predicted molar refractivity (Wildman–Crippen MR) is 93.6 cm³/mol. The molecule has 6 heteroatoms. The first-order valence-corrected chi connectivity index (χ1v) is 9.11. The van der Waals surface area contributed by atoms with Crippen molar-refractivity contribution in [1.82, 2.24) is 15.1 Å². The largest absolute Gasteiger partial charge is 0.493 e. The maximum Gasteiger partial charge on any atom is 0.325 e. The highest BCUT2D eigenvalue weighted by atomic mass is 16.5. The van der Waals surface area contributed by atoms with E-state index in [4.69, 9.17) is 4.74 Å². The number of hydrogen-bond donors (Lipinski definition) is 1. The second kappa shape index (κ2) is 6.02. The number of carbonyl (C=O) groups excluding carboxylic acids is 2. The number of likely N-dealkylation sites (tertiary alicyclic amines) is 1. The summed E-state index contributed by atoms with van der Waals surface area (Å²) in [5, 5.41) is 2.95. The molecule has 1 aromatic carbocycles. The number of carbonyl (C=O) groups is 2. The number of fused-ring (bicyclic) bond motifs is 1. The maximum atomic E-state index is 12.7. The van der Waals surface area contributed by atoms with E-state index in [1.165, 1.54) is 16.0 Å². The molecule has 2 saturated heterocycles. The van der Waals surface area contributed by atoms with Crippen LogP contribution in [0.4, 0.5) is 4.79 Å². The summed E-state index contributed by atoms with van der Waals surface area (Å²) < 4.78 is 5.55. The minimum absolute atomic E-state index is 0.0651. The molecule has 1 atom stereocenters. The van der Waals surface area contributed by atoms with Crippen LogP contribution in [0.3, 0.4) is 0 Å². The maximum absolute atomic E-state index is 12.7. The smallest absolute Gasteiger partial charge is 0.325 e. The predicted octanol–water partition coefficient (Wildman–Crippen LogP) is 1.57. The summed E-state index contributed by atoms with van der Waals surface area (Å²) in [5.74, 6) is 0.946. The molecule has 1 unspecified atom stereocenters. The van der Waals surface area contributed by atoms with Gasteiger partial charge in [0.25, 0.3) is 5.91 Å². The van der Waals surface area contributed by atoms with Gasteiger partial charge in [-0.1, -0.05) is 12.1 Å². The van der Waals surface area contributed by atoms with E-state index in [2.05, 4.69) is 28.4 Å². The number of nitrogens with zero attached hydrogens (tertiary/aromatic N) is 2. The molecule has 134 valence electrons. The highest BCUT2D eigenvalue weighted by molar-refractivity contribution is 6.07. The number of urea groups is 1. The van der Waals surface area contributed by atoms with Gasteiger partial charge in [-0.15, -0.1) is 0 Å². The van der Waals surface area contributed by atoms with E-state index in [1.54, 1.807) is 0 Å². The minimum atomic E-state index is -0.715. The second-order valence-corrected chi connectivity index (χ2v) is 7.60. The highest BCUT2D eigenvalue weighted by Crippen LogP contribution is 2.30. The first-order chi connectivity index (χ1) is 12.0. The molecule has 3 amide bonds. The van der Waals surface area contributed by atoms with Gasteiger partial charge >= 0.3 is 6.03 Å². The first kappa shape index (κ1) is 16.4. The lowest BCUT2D eigenvalue weighted by atomic mass is 9.98. The van der Waals surface area contributed by atoms with Gasteiger partial charge < -0.3 is 15.0 Å². The quantitative estimate of drug-likeness (QED) is 0.843. The molecule has 1 aromatic rings. The SMILES string of the molecule is CC(C)N1C(=O)NC2(CCN(CCc3ccc4c(c3)CCO4)C2)C1=O. The number of hydrogen-bond acceptors (Lipinski definition) is 4. The van der Waals surface area contributed by atoms with Crippen molar-refractivity contribution in [3.05, 3.63) is 29.3 Å². The van der Waals surface area contributed by atoms with E-state index >= 15 is 0 Å². The minimum Gasteiger partial charge on any atom is -0.493 e. The van der Waals surface area contributed by atoms with Gasteiger partial charge in [0.15, 0.2) is 0 Å². The van der Waals surface area contributed by atoms with E-state index in [9.17, 15) is 9.59 Å². The number of benzene rings is 1. The molecule has 1 N–H and O–H groups in total. The van der Waals surface area contributed by atoms with E-state index in [0.717, 1.165) is 38.3 Å². The highest BCUT2D eigenvalue weighted by Gasteiger charge is 2.54. The standard InChI is InChI=1S/C19H25N3O3/c1-13(2)22-17(23)19(20-18(22)24)7-9-21(12-19)8-5-14-3-4-16-15(11-14)6-10-25-16/h3-4,11,13H,5-10,12H2,1-2H3,(H,20,24). The molecule has 0 aliphatic carbocycles. The number of ether oxygens (including phenoxy) is 1. The molecule has 0 saturated carbocycles. The molecule has 3 aliphatic rings. The van der Waals surface area contributed by atoms with Crippen molar-refractivity contribution >= 4 is 11.9 Å². The molecule has 2 fully saturated rings. The Morgan fingerprint density at radius 2 is 2.16 bits per heavy atom. The molecule has 1 spiro atoms. The average molecular weight is 343 g/mol. The third-order valence-corrected chi connectivity index (χ3v) is 5.53. The van der Waals surface area contributed by atoms with Gasteiger partial charge in [-0.2, -0.15) is 0 Å². The fraction of sp³-hybridized carbons (Fsp3) is 0.579. The van der Waals surface area contributed by atoms with E-state index in [0.29, 0.717) is 13.0 Å². The van der Waals surface area contributed by atoms with Crippen molar-refractivity contribution < 1.29 is 14.3 Å². The summed E-state index contributed by atoms with van der Waals surface area (Å²) in [5.41, 5.74) is 1.88. The van der Waals surface area contributed by atoms with Crippen molar-refractivity contribution in [3.8, 4) is 5.75 Å². The fourth-order valence-corrected chi connectivity index (χ4v) is 4.15. The van der Waals surface area contributed by atoms with Crippen molar-refractivity contribution in [2.24, 2.45) is 0 Å². The van der Waals surface area contributed by atoms with Crippen molar-refractivity contribution in [1.29, 1.82) is 0 Å². The van der Waals surface area contributed by atoms with E-state index in [1.807, 2.05) is 13.8 Å². The van der Waals surface area contributed by atoms with E-state index in [-0.39, 0.29) is 18.0 Å². The Kier molecular flexibility index (Phi) is 3.95. The monoisotopic (exact) mass is 343 g/mol. The molecular weight excluding hydrogens is 318 g/mol. The zero-order chi connectivity index (χ0) is 17.6. The Morgan fingerprint density at radius 3 is 2.92 bits per heavy atom. The van der Waals surface area contributed by atoms with Gasteiger partial charge in [0, 0.05) is 32.1 Å². The summed E-state index contributed by atoms with van der Waals surface area (Å²) in [4.78, 5) is 28.5. The van der Waals surface area contributed by atoms with Crippen LogP contribution in [0.25, 0.3) is 0 Å². The first-order valence-electron chi connectivity index (χ1n) is 9.11. The van der Waals surface area contributed by atoms with Gasteiger partial charge in [0.05, 0.1) is 6.61 Å². The lowest BCUT2D eigenvalue weighted by Crippen LogP contribution is -2.49. The van der Waals surface area contributed by atoms with Crippen molar-refractivity contribution in [3.63, 3.8) is 0 Å². The van der Waals surface area contributed by atoms with Crippen LogP contribution in [-0.4, -0.2) is 59.6 Å². The van der Waals surface area contributed by atoms with Gasteiger partial charge in [-0.05, 0) is 43.9 Å². The summed E-state index contributed by atoms with van der Waals surface area (Å²) in [6, 6.07) is 6.07. The average Bonchev–Trinajstić information content (AvgIpc) is 3.24. The summed E-state index contributed by atoms with van der Waals surface area (Å²) >= 11 is 0. The van der Waals surface area contributed by atoms with E-state index < -0.39 is 5.54 Å². The Labute approximate surface area is 148 Å². The third-order valence-electron chi connectivity index (χ3n) is 5.53. The Morgan fingerprint density at radius 1 is 1.32 bits per heavy atom. The molecule has 25 heavy (non-hydrogen) atoms. The van der Waals surface area contributed by atoms with Gasteiger partial charge in [0.1, 0.15) is 11.3 Å². The molecule has 0 radical (unpaired) electrons. The van der Waals surface area contributed by atoms with Crippen LogP contribution < -0.4 is 10.1 Å². The molecule has 6 nitrogen and oxygen atoms in total. The number of rotatable bonds is 4. The molecule has 4 rings (SSSR count). The van der Waals surface area contributed by atoms with Crippen LogP contribution in [0.5, 0.6) is 5.75 Å². The second-order valence-electron chi connectivity index (χ2n) is 7.60. The fourth-order valence-electron chi connectivity index (χ4n) is 4.15. The summed E-state index contributed by atoms with van der Waals surface area (Å²) in [6.45, 7) is 6.87. The molecule has 3 aliphatic heterocycles. The van der Waals surface area contributed by atoms with Crippen molar-refractivity contribution in [2.75, 3.05) is 26.2 Å². The number of nitrogens with one attached hydrogen (secondary N) is 1. The molecule has 0 bridgehead atoms. The van der Waals surface area contributed by atoms with Crippen LogP contribution >= 0.6 is 0 Å². The number of imide groups is 1. The van der Waals surface area contributed by atoms with Crippen LogP contribution in [0.2, 0.25) is 0 Å². The summed E-state index contributed by atoms with van der Waals surface area (Å²) in [6.07, 6.45) is 2.62. The zero-order valence-electron chi connectivity index (χ0n) is 14.9. The molecule has 0 aromatic heterocycles. The molecular formula is C19H25N3O3. The summed E-state index contributed by atoms with van der Waals surface area (Å²) in [7, 11) is 0. The lowest BCUT2D eigenvalue weighted by molar-refractivity contribution is -0.132. The Hall–Kier alpha value is -2.08. The van der Waals surface area contributed by atoms with Gasteiger partial charge in [-0.3, -0.25) is 9.69 Å². The van der Waals surface area contributed by atoms with Crippen molar-refractivity contribution in [2.45, 2.75) is 44.7 Å².